The molecule has 2 aliphatic carbocycles. The molecule has 18 heavy (non-hydrogen) atoms. The van der Waals surface area contributed by atoms with Gasteiger partial charge in [0.2, 0.25) is 0 Å². The van der Waals surface area contributed by atoms with Crippen LogP contribution in [0.2, 0.25) is 0 Å². The largest absolute Gasteiger partial charge is 0.311 e. The van der Waals surface area contributed by atoms with Gasteiger partial charge in [0.25, 0.3) is 0 Å². The van der Waals surface area contributed by atoms with Gasteiger partial charge in [0.1, 0.15) is 0 Å². The SMILES string of the molecule is CCCC1CN(CC2CCC2)C2(CCCC2)CN1. The molecular weight excluding hydrogens is 220 g/mol. The second kappa shape index (κ2) is 5.50. The normalized spacial score (nSPS) is 32.8. The fraction of sp³-hybridized carbons (Fsp3) is 1.00. The first-order chi connectivity index (χ1) is 8.82. The van der Waals surface area contributed by atoms with Crippen molar-refractivity contribution < 1.29 is 0 Å². The maximum absolute atomic E-state index is 3.85. The van der Waals surface area contributed by atoms with Gasteiger partial charge in [-0.25, -0.2) is 0 Å². The van der Waals surface area contributed by atoms with E-state index < -0.39 is 0 Å². The molecule has 0 aromatic heterocycles. The van der Waals surface area contributed by atoms with Gasteiger partial charge in [-0.3, -0.25) is 4.90 Å². The lowest BCUT2D eigenvalue weighted by atomic mass is 9.82. The summed E-state index contributed by atoms with van der Waals surface area (Å²) < 4.78 is 0. The molecule has 3 aliphatic rings. The van der Waals surface area contributed by atoms with E-state index >= 15 is 0 Å². The maximum Gasteiger partial charge on any atom is 0.0334 e. The summed E-state index contributed by atoms with van der Waals surface area (Å²) >= 11 is 0. The summed E-state index contributed by atoms with van der Waals surface area (Å²) in [6.45, 7) is 6.31. The Morgan fingerprint density at radius 1 is 1.17 bits per heavy atom. The lowest BCUT2D eigenvalue weighted by molar-refractivity contribution is 0.0162. The molecule has 1 N–H and O–H groups in total. The van der Waals surface area contributed by atoms with Crippen LogP contribution in [-0.4, -0.2) is 36.1 Å². The summed E-state index contributed by atoms with van der Waals surface area (Å²) in [5, 5.41) is 3.85. The molecule has 0 radical (unpaired) electrons. The van der Waals surface area contributed by atoms with Crippen molar-refractivity contribution in [3.05, 3.63) is 0 Å². The lowest BCUT2D eigenvalue weighted by Crippen LogP contribution is -2.64. The smallest absolute Gasteiger partial charge is 0.0334 e. The Morgan fingerprint density at radius 3 is 2.56 bits per heavy atom. The fourth-order valence-corrected chi connectivity index (χ4v) is 4.29. The molecule has 1 heterocycles. The molecule has 3 rings (SSSR count). The summed E-state index contributed by atoms with van der Waals surface area (Å²) in [5.41, 5.74) is 0.555. The highest BCUT2D eigenvalue weighted by Crippen LogP contribution is 2.39. The van der Waals surface area contributed by atoms with E-state index in [0.29, 0.717) is 5.54 Å². The number of rotatable bonds is 4. The molecule has 2 nitrogen and oxygen atoms in total. The van der Waals surface area contributed by atoms with Crippen LogP contribution < -0.4 is 5.32 Å². The van der Waals surface area contributed by atoms with Crippen molar-refractivity contribution in [1.29, 1.82) is 0 Å². The van der Waals surface area contributed by atoms with Gasteiger partial charge in [-0.1, -0.05) is 32.6 Å². The van der Waals surface area contributed by atoms with Gasteiger partial charge in [0, 0.05) is 31.2 Å². The van der Waals surface area contributed by atoms with Crippen LogP contribution in [0.3, 0.4) is 0 Å². The average Bonchev–Trinajstić information content (AvgIpc) is 2.78. The molecule has 0 bridgehead atoms. The Kier molecular flexibility index (Phi) is 3.95. The van der Waals surface area contributed by atoms with Crippen LogP contribution in [-0.2, 0) is 0 Å². The van der Waals surface area contributed by atoms with Crippen molar-refractivity contribution >= 4 is 0 Å². The molecule has 0 amide bonds. The summed E-state index contributed by atoms with van der Waals surface area (Å²) in [6, 6.07) is 0.765. The van der Waals surface area contributed by atoms with Crippen molar-refractivity contribution in [3.63, 3.8) is 0 Å². The van der Waals surface area contributed by atoms with Gasteiger partial charge >= 0.3 is 0 Å². The second-order valence-corrected chi connectivity index (χ2v) is 7.00. The van der Waals surface area contributed by atoms with Crippen LogP contribution in [0, 0.1) is 5.92 Å². The minimum Gasteiger partial charge on any atom is -0.311 e. The molecule has 2 saturated carbocycles. The molecule has 1 spiro atoms. The van der Waals surface area contributed by atoms with Gasteiger partial charge in [-0.15, -0.1) is 0 Å². The molecule has 104 valence electrons. The number of hydrogen-bond acceptors (Lipinski definition) is 2. The van der Waals surface area contributed by atoms with E-state index in [1.54, 1.807) is 0 Å². The molecular formula is C16H30N2. The third-order valence-corrected chi connectivity index (χ3v) is 5.71. The first-order valence-electron chi connectivity index (χ1n) is 8.31. The molecule has 1 aliphatic heterocycles. The molecule has 3 fully saturated rings. The summed E-state index contributed by atoms with van der Waals surface area (Å²) in [6.07, 6.45) is 13.0. The first kappa shape index (κ1) is 12.9. The Hall–Kier alpha value is -0.0800. The average molecular weight is 250 g/mol. The molecule has 1 atom stereocenters. The molecule has 1 unspecified atom stereocenters. The van der Waals surface area contributed by atoms with Crippen LogP contribution >= 0.6 is 0 Å². The number of hydrogen-bond donors (Lipinski definition) is 1. The molecule has 2 heteroatoms. The van der Waals surface area contributed by atoms with Crippen molar-refractivity contribution in [3.8, 4) is 0 Å². The Bertz CT molecular complexity index is 266. The van der Waals surface area contributed by atoms with Gasteiger partial charge < -0.3 is 5.32 Å². The van der Waals surface area contributed by atoms with Crippen molar-refractivity contribution in [2.24, 2.45) is 5.92 Å². The highest BCUT2D eigenvalue weighted by molar-refractivity contribution is 5.02. The number of piperazine rings is 1. The van der Waals surface area contributed by atoms with Crippen LogP contribution in [0.4, 0.5) is 0 Å². The summed E-state index contributed by atoms with van der Waals surface area (Å²) in [4.78, 5) is 2.92. The van der Waals surface area contributed by atoms with E-state index in [-0.39, 0.29) is 0 Å². The first-order valence-corrected chi connectivity index (χ1v) is 8.31. The minimum absolute atomic E-state index is 0.555. The van der Waals surface area contributed by atoms with Crippen LogP contribution in [0.1, 0.15) is 64.7 Å². The fourth-order valence-electron chi connectivity index (χ4n) is 4.29. The third-order valence-electron chi connectivity index (χ3n) is 5.71. The maximum atomic E-state index is 3.85. The van der Waals surface area contributed by atoms with E-state index in [2.05, 4.69) is 17.1 Å². The Balaban J connectivity index is 1.65. The predicted molar refractivity (Wildman–Crippen MR) is 76.8 cm³/mol. The van der Waals surface area contributed by atoms with Crippen molar-refractivity contribution in [2.75, 3.05) is 19.6 Å². The van der Waals surface area contributed by atoms with Gasteiger partial charge in [-0.05, 0) is 38.0 Å². The standard InChI is InChI=1S/C16H30N2/c1-2-6-15-12-18(11-14-7-5-8-14)16(13-17-15)9-3-4-10-16/h14-15,17H,2-13H2,1H3. The Morgan fingerprint density at radius 2 is 1.94 bits per heavy atom. The van der Waals surface area contributed by atoms with Crippen molar-refractivity contribution in [2.45, 2.75) is 76.3 Å². The van der Waals surface area contributed by atoms with E-state index in [4.69, 9.17) is 0 Å². The quantitative estimate of drug-likeness (QED) is 0.824. The predicted octanol–water partition coefficient (Wildman–Crippen LogP) is 3.17. The van der Waals surface area contributed by atoms with Crippen LogP contribution in [0.25, 0.3) is 0 Å². The minimum atomic E-state index is 0.555. The monoisotopic (exact) mass is 250 g/mol. The van der Waals surface area contributed by atoms with E-state index in [1.165, 1.54) is 77.4 Å². The third kappa shape index (κ3) is 2.46. The van der Waals surface area contributed by atoms with E-state index in [0.717, 1.165) is 12.0 Å². The second-order valence-electron chi connectivity index (χ2n) is 7.00. The highest BCUT2D eigenvalue weighted by Gasteiger charge is 2.44. The van der Waals surface area contributed by atoms with E-state index in [9.17, 15) is 0 Å². The highest BCUT2D eigenvalue weighted by atomic mass is 15.3. The zero-order valence-electron chi connectivity index (χ0n) is 12.1. The molecule has 0 aromatic carbocycles. The zero-order chi connectivity index (χ0) is 12.4. The van der Waals surface area contributed by atoms with E-state index in [1.807, 2.05) is 0 Å². The summed E-state index contributed by atoms with van der Waals surface area (Å²) in [7, 11) is 0. The van der Waals surface area contributed by atoms with Gasteiger partial charge in [-0.2, -0.15) is 0 Å². The number of nitrogens with one attached hydrogen (secondary N) is 1. The topological polar surface area (TPSA) is 15.3 Å². The molecule has 0 aromatic rings. The lowest BCUT2D eigenvalue weighted by Gasteiger charge is -2.50. The van der Waals surface area contributed by atoms with Gasteiger partial charge in [0.15, 0.2) is 0 Å². The zero-order valence-corrected chi connectivity index (χ0v) is 12.1. The van der Waals surface area contributed by atoms with Crippen molar-refractivity contribution in [1.82, 2.24) is 10.2 Å². The Labute approximate surface area is 113 Å². The van der Waals surface area contributed by atoms with Crippen LogP contribution in [0.15, 0.2) is 0 Å². The summed E-state index contributed by atoms with van der Waals surface area (Å²) in [5.74, 6) is 1.03. The molecule has 1 saturated heterocycles. The number of nitrogens with zero attached hydrogens (tertiary/aromatic N) is 1. The van der Waals surface area contributed by atoms with Crippen LogP contribution in [0.5, 0.6) is 0 Å². The van der Waals surface area contributed by atoms with Gasteiger partial charge in [0.05, 0.1) is 0 Å².